The fraction of sp³-hybridized carbons (Fsp3) is 0.500. The molecule has 1 atom stereocenters. The fourth-order valence-corrected chi connectivity index (χ4v) is 2.93. The minimum Gasteiger partial charge on any atom is -0.481 e. The number of pyridine rings is 2. The van der Waals surface area contributed by atoms with Crippen LogP contribution in [0, 0.1) is 0 Å². The monoisotopic (exact) mass is 286 g/mol. The van der Waals surface area contributed by atoms with Crippen LogP contribution < -0.4 is 10.1 Å². The first-order valence-electron chi connectivity index (χ1n) is 7.48. The first-order valence-corrected chi connectivity index (χ1v) is 7.48. The lowest BCUT2D eigenvalue weighted by atomic mass is 10.1. The van der Waals surface area contributed by atoms with E-state index < -0.39 is 0 Å². The van der Waals surface area contributed by atoms with E-state index in [9.17, 15) is 0 Å². The molecule has 2 aromatic heterocycles. The van der Waals surface area contributed by atoms with Gasteiger partial charge in [0.05, 0.1) is 18.1 Å². The Morgan fingerprint density at radius 2 is 2.29 bits per heavy atom. The molecular formula is C16H22N4O. The normalized spacial score (nSPS) is 19.2. The highest BCUT2D eigenvalue weighted by atomic mass is 16.5. The molecule has 112 valence electrons. The fourth-order valence-electron chi connectivity index (χ4n) is 2.93. The molecule has 0 bridgehead atoms. The standard InChI is InChI=1S/C16H22N4O/c1-17-13-7-10-20(11-13)9-6-12-5-8-18-14-3-4-15(21-2)19-16(12)14/h3-5,8,13,17H,6-7,9-11H2,1-2H3/t13-/m0/s1. The Balaban J connectivity index is 1.74. The number of likely N-dealkylation sites (N-methyl/N-ethyl adjacent to an activating group) is 1. The van der Waals surface area contributed by atoms with Gasteiger partial charge in [0.25, 0.3) is 0 Å². The van der Waals surface area contributed by atoms with Crippen molar-refractivity contribution in [3.63, 3.8) is 0 Å². The zero-order valence-electron chi connectivity index (χ0n) is 12.7. The topological polar surface area (TPSA) is 50.3 Å². The molecule has 1 saturated heterocycles. The Kier molecular flexibility index (Phi) is 4.31. The first kappa shape index (κ1) is 14.2. The summed E-state index contributed by atoms with van der Waals surface area (Å²) >= 11 is 0. The molecule has 0 spiro atoms. The maximum atomic E-state index is 5.23. The molecular weight excluding hydrogens is 264 g/mol. The van der Waals surface area contributed by atoms with Crippen LogP contribution in [0.25, 0.3) is 11.0 Å². The lowest BCUT2D eigenvalue weighted by Gasteiger charge is -2.16. The summed E-state index contributed by atoms with van der Waals surface area (Å²) in [5.74, 6) is 0.646. The second-order valence-electron chi connectivity index (χ2n) is 5.52. The number of nitrogens with zero attached hydrogens (tertiary/aromatic N) is 3. The summed E-state index contributed by atoms with van der Waals surface area (Å²) in [7, 11) is 3.69. The number of nitrogens with one attached hydrogen (secondary N) is 1. The highest BCUT2D eigenvalue weighted by molar-refractivity contribution is 5.78. The summed E-state index contributed by atoms with van der Waals surface area (Å²) < 4.78 is 5.23. The van der Waals surface area contributed by atoms with Gasteiger partial charge < -0.3 is 15.0 Å². The smallest absolute Gasteiger partial charge is 0.213 e. The van der Waals surface area contributed by atoms with Crippen LogP contribution in [0.2, 0.25) is 0 Å². The van der Waals surface area contributed by atoms with E-state index in [1.165, 1.54) is 18.5 Å². The van der Waals surface area contributed by atoms with Gasteiger partial charge >= 0.3 is 0 Å². The average Bonchev–Trinajstić information content (AvgIpc) is 3.00. The van der Waals surface area contributed by atoms with E-state index in [-0.39, 0.29) is 0 Å². The molecule has 5 nitrogen and oxygen atoms in total. The van der Waals surface area contributed by atoms with Crippen molar-refractivity contribution in [3.8, 4) is 5.88 Å². The lowest BCUT2D eigenvalue weighted by Crippen LogP contribution is -2.30. The van der Waals surface area contributed by atoms with Crippen molar-refractivity contribution < 1.29 is 4.74 Å². The number of fused-ring (bicyclic) bond motifs is 1. The maximum absolute atomic E-state index is 5.23. The largest absolute Gasteiger partial charge is 0.481 e. The zero-order valence-corrected chi connectivity index (χ0v) is 12.7. The molecule has 1 fully saturated rings. The van der Waals surface area contributed by atoms with Crippen molar-refractivity contribution >= 4 is 11.0 Å². The van der Waals surface area contributed by atoms with E-state index in [0.717, 1.165) is 30.5 Å². The molecule has 2 aromatic rings. The van der Waals surface area contributed by atoms with Gasteiger partial charge in [-0.15, -0.1) is 0 Å². The minimum absolute atomic E-state index is 0.636. The molecule has 3 heterocycles. The summed E-state index contributed by atoms with van der Waals surface area (Å²) in [6.07, 6.45) is 4.10. The zero-order chi connectivity index (χ0) is 14.7. The lowest BCUT2D eigenvalue weighted by molar-refractivity contribution is 0.334. The summed E-state index contributed by atoms with van der Waals surface area (Å²) in [4.78, 5) is 11.4. The summed E-state index contributed by atoms with van der Waals surface area (Å²) in [6, 6.07) is 6.53. The van der Waals surface area contributed by atoms with Gasteiger partial charge in [0.2, 0.25) is 5.88 Å². The second-order valence-corrected chi connectivity index (χ2v) is 5.52. The first-order chi connectivity index (χ1) is 10.3. The number of aromatic nitrogens is 2. The number of hydrogen-bond acceptors (Lipinski definition) is 5. The van der Waals surface area contributed by atoms with Crippen molar-refractivity contribution in [1.29, 1.82) is 0 Å². The third-order valence-electron chi connectivity index (χ3n) is 4.23. The number of rotatable bonds is 5. The van der Waals surface area contributed by atoms with Crippen LogP contribution in [0.4, 0.5) is 0 Å². The molecule has 3 rings (SSSR count). The summed E-state index contributed by atoms with van der Waals surface area (Å²) in [5, 5.41) is 3.36. The highest BCUT2D eigenvalue weighted by Gasteiger charge is 2.20. The predicted octanol–water partition coefficient (Wildman–Crippen LogP) is 1.47. The molecule has 1 aliphatic heterocycles. The van der Waals surface area contributed by atoms with Crippen molar-refractivity contribution in [2.75, 3.05) is 33.8 Å². The van der Waals surface area contributed by atoms with Gasteiger partial charge in [-0.1, -0.05) is 0 Å². The maximum Gasteiger partial charge on any atom is 0.213 e. The van der Waals surface area contributed by atoms with Crippen LogP contribution in [-0.2, 0) is 6.42 Å². The van der Waals surface area contributed by atoms with Crippen molar-refractivity contribution in [2.24, 2.45) is 0 Å². The van der Waals surface area contributed by atoms with E-state index in [1.807, 2.05) is 25.4 Å². The van der Waals surface area contributed by atoms with Gasteiger partial charge in [0, 0.05) is 31.4 Å². The van der Waals surface area contributed by atoms with Gasteiger partial charge in [-0.25, -0.2) is 4.98 Å². The molecule has 0 aliphatic carbocycles. The Bertz CT molecular complexity index is 616. The van der Waals surface area contributed by atoms with E-state index >= 15 is 0 Å². The van der Waals surface area contributed by atoms with Crippen molar-refractivity contribution in [1.82, 2.24) is 20.2 Å². The number of likely N-dealkylation sites (tertiary alicyclic amines) is 1. The molecule has 1 aliphatic rings. The van der Waals surface area contributed by atoms with Crippen LogP contribution in [0.3, 0.4) is 0 Å². The Morgan fingerprint density at radius 1 is 1.38 bits per heavy atom. The van der Waals surface area contributed by atoms with Gasteiger partial charge in [-0.05, 0) is 44.1 Å². The van der Waals surface area contributed by atoms with Crippen LogP contribution in [0.15, 0.2) is 24.4 Å². The second kappa shape index (κ2) is 6.37. The van der Waals surface area contributed by atoms with Crippen LogP contribution >= 0.6 is 0 Å². The molecule has 0 saturated carbocycles. The Morgan fingerprint density at radius 3 is 3.05 bits per heavy atom. The number of hydrogen-bond donors (Lipinski definition) is 1. The predicted molar refractivity (Wildman–Crippen MR) is 83.7 cm³/mol. The van der Waals surface area contributed by atoms with Crippen molar-refractivity contribution in [2.45, 2.75) is 18.9 Å². The van der Waals surface area contributed by atoms with E-state index in [1.54, 1.807) is 7.11 Å². The van der Waals surface area contributed by atoms with Crippen LogP contribution in [-0.4, -0.2) is 54.7 Å². The van der Waals surface area contributed by atoms with E-state index in [4.69, 9.17) is 4.74 Å². The van der Waals surface area contributed by atoms with Crippen LogP contribution in [0.5, 0.6) is 5.88 Å². The third kappa shape index (κ3) is 3.14. The minimum atomic E-state index is 0.636. The quantitative estimate of drug-likeness (QED) is 0.902. The van der Waals surface area contributed by atoms with Crippen LogP contribution in [0.1, 0.15) is 12.0 Å². The summed E-state index contributed by atoms with van der Waals surface area (Å²) in [6.45, 7) is 3.37. The molecule has 0 aromatic carbocycles. The van der Waals surface area contributed by atoms with Crippen molar-refractivity contribution in [3.05, 3.63) is 30.0 Å². The Labute approximate surface area is 125 Å². The van der Waals surface area contributed by atoms with E-state index in [2.05, 4.69) is 26.3 Å². The molecule has 0 radical (unpaired) electrons. The molecule has 21 heavy (non-hydrogen) atoms. The molecule has 5 heteroatoms. The van der Waals surface area contributed by atoms with Gasteiger partial charge in [0.15, 0.2) is 0 Å². The van der Waals surface area contributed by atoms with E-state index in [0.29, 0.717) is 11.9 Å². The third-order valence-corrected chi connectivity index (χ3v) is 4.23. The molecule has 0 amide bonds. The molecule has 1 N–H and O–H groups in total. The van der Waals surface area contributed by atoms with Gasteiger partial charge in [-0.3, -0.25) is 4.98 Å². The van der Waals surface area contributed by atoms with Gasteiger partial charge in [-0.2, -0.15) is 0 Å². The average molecular weight is 286 g/mol. The SMILES string of the molecule is CN[C@H]1CCN(CCc2ccnc3ccc(OC)nc23)C1. The Hall–Kier alpha value is -1.72. The molecule has 0 unspecified atom stereocenters. The summed E-state index contributed by atoms with van der Waals surface area (Å²) in [5.41, 5.74) is 3.14. The highest BCUT2D eigenvalue weighted by Crippen LogP contribution is 2.19. The number of ether oxygens (including phenoxy) is 1. The number of methoxy groups -OCH3 is 1. The van der Waals surface area contributed by atoms with Gasteiger partial charge in [0.1, 0.15) is 0 Å².